The second-order valence-corrected chi connectivity index (χ2v) is 6.64. The number of unbranched alkanes of at least 4 members (excludes halogenated alkanes) is 4. The summed E-state index contributed by atoms with van der Waals surface area (Å²) in [6.45, 7) is 5.42. The third-order valence-electron chi connectivity index (χ3n) is 3.11. The average Bonchev–Trinajstić information content (AvgIpc) is 2.91. The van der Waals surface area contributed by atoms with Crippen molar-refractivity contribution < 1.29 is 8.42 Å². The van der Waals surface area contributed by atoms with E-state index in [4.69, 9.17) is 0 Å². The molecule has 0 atom stereocenters. The first-order valence-electron chi connectivity index (χ1n) is 7.11. The summed E-state index contributed by atoms with van der Waals surface area (Å²) in [5, 5.41) is 0.195. The van der Waals surface area contributed by atoms with Crippen LogP contribution in [0.1, 0.15) is 52.4 Å². The Labute approximate surface area is 116 Å². The van der Waals surface area contributed by atoms with Gasteiger partial charge in [-0.1, -0.05) is 39.5 Å². The molecule has 0 aliphatic heterocycles. The van der Waals surface area contributed by atoms with Crippen molar-refractivity contribution in [3.05, 3.63) is 12.5 Å². The molecule has 1 rings (SSSR count). The fraction of sp³-hybridized carbons (Fsp3) is 0.769. The van der Waals surface area contributed by atoms with Crippen LogP contribution in [0.3, 0.4) is 0 Å². The van der Waals surface area contributed by atoms with Crippen LogP contribution in [0.4, 0.5) is 0 Å². The van der Waals surface area contributed by atoms with Gasteiger partial charge in [-0.2, -0.15) is 4.31 Å². The molecule has 1 heterocycles. The van der Waals surface area contributed by atoms with Gasteiger partial charge < -0.3 is 4.98 Å². The highest BCUT2D eigenvalue weighted by Gasteiger charge is 2.24. The van der Waals surface area contributed by atoms with E-state index in [1.54, 1.807) is 4.31 Å². The minimum Gasteiger partial charge on any atom is -0.335 e. The Balaban J connectivity index is 2.70. The summed E-state index contributed by atoms with van der Waals surface area (Å²) in [5.41, 5.74) is 0. The van der Waals surface area contributed by atoms with E-state index in [1.165, 1.54) is 12.5 Å². The summed E-state index contributed by atoms with van der Waals surface area (Å²) in [5.74, 6) is 0. The molecule has 110 valence electrons. The molecule has 0 saturated heterocycles. The molecule has 0 aliphatic carbocycles. The molecule has 0 radical (unpaired) electrons. The molecule has 19 heavy (non-hydrogen) atoms. The smallest absolute Gasteiger partial charge is 0.260 e. The van der Waals surface area contributed by atoms with E-state index in [0.29, 0.717) is 13.1 Å². The molecule has 1 aromatic rings. The SMILES string of the molecule is CCCCCN(CCCCC)S(=O)(=O)c1cnc[nH]1. The average molecular weight is 287 g/mol. The van der Waals surface area contributed by atoms with Crippen molar-refractivity contribution in [2.45, 2.75) is 57.4 Å². The molecule has 0 saturated carbocycles. The topological polar surface area (TPSA) is 66.1 Å². The molecule has 1 aromatic heterocycles. The summed E-state index contributed by atoms with van der Waals surface area (Å²) in [6.07, 6.45) is 8.91. The van der Waals surface area contributed by atoms with Gasteiger partial charge in [0.05, 0.1) is 12.5 Å². The molecule has 1 N–H and O–H groups in total. The lowest BCUT2D eigenvalue weighted by atomic mass is 10.2. The summed E-state index contributed by atoms with van der Waals surface area (Å²) < 4.78 is 26.5. The third-order valence-corrected chi connectivity index (χ3v) is 4.94. The number of aromatic nitrogens is 2. The largest absolute Gasteiger partial charge is 0.335 e. The van der Waals surface area contributed by atoms with Crippen LogP contribution < -0.4 is 0 Å². The Morgan fingerprint density at radius 3 is 2.11 bits per heavy atom. The Morgan fingerprint density at radius 1 is 1.11 bits per heavy atom. The van der Waals surface area contributed by atoms with Crippen molar-refractivity contribution in [1.29, 1.82) is 0 Å². The zero-order valence-electron chi connectivity index (χ0n) is 11.9. The highest BCUT2D eigenvalue weighted by molar-refractivity contribution is 7.89. The lowest BCUT2D eigenvalue weighted by Gasteiger charge is -2.21. The fourth-order valence-corrected chi connectivity index (χ4v) is 3.36. The van der Waals surface area contributed by atoms with Crippen LogP contribution in [0.5, 0.6) is 0 Å². The van der Waals surface area contributed by atoms with Gasteiger partial charge in [0.2, 0.25) is 0 Å². The van der Waals surface area contributed by atoms with Crippen molar-refractivity contribution in [3.63, 3.8) is 0 Å². The highest BCUT2D eigenvalue weighted by Crippen LogP contribution is 2.15. The van der Waals surface area contributed by atoms with Crippen LogP contribution in [-0.4, -0.2) is 35.8 Å². The van der Waals surface area contributed by atoms with E-state index in [-0.39, 0.29) is 5.03 Å². The van der Waals surface area contributed by atoms with E-state index in [2.05, 4.69) is 23.8 Å². The molecule has 0 spiro atoms. The van der Waals surface area contributed by atoms with Crippen LogP contribution in [0, 0.1) is 0 Å². The maximum atomic E-state index is 12.4. The van der Waals surface area contributed by atoms with Crippen LogP contribution in [0.15, 0.2) is 17.6 Å². The number of imidazole rings is 1. The second-order valence-electron chi connectivity index (χ2n) is 4.73. The molecule has 6 heteroatoms. The third kappa shape index (κ3) is 4.95. The van der Waals surface area contributed by atoms with Crippen molar-refractivity contribution in [2.75, 3.05) is 13.1 Å². The normalized spacial score (nSPS) is 12.2. The predicted molar refractivity (Wildman–Crippen MR) is 76.4 cm³/mol. The minimum absolute atomic E-state index is 0.195. The summed E-state index contributed by atoms with van der Waals surface area (Å²) >= 11 is 0. The molecule has 0 aromatic carbocycles. The number of nitrogens with zero attached hydrogens (tertiary/aromatic N) is 2. The van der Waals surface area contributed by atoms with Crippen LogP contribution >= 0.6 is 0 Å². The molecule has 0 fully saturated rings. The predicted octanol–water partition coefficient (Wildman–Crippen LogP) is 2.78. The van der Waals surface area contributed by atoms with E-state index in [0.717, 1.165) is 38.5 Å². The number of nitrogens with one attached hydrogen (secondary N) is 1. The van der Waals surface area contributed by atoms with Crippen molar-refractivity contribution in [1.82, 2.24) is 14.3 Å². The van der Waals surface area contributed by atoms with E-state index < -0.39 is 10.0 Å². The first-order chi connectivity index (χ1) is 9.12. The van der Waals surface area contributed by atoms with Crippen LogP contribution in [0.2, 0.25) is 0 Å². The Bertz CT molecular complexity index is 419. The number of sulfonamides is 1. The monoisotopic (exact) mass is 287 g/mol. The Morgan fingerprint density at radius 2 is 1.68 bits per heavy atom. The summed E-state index contributed by atoms with van der Waals surface area (Å²) in [4.78, 5) is 6.50. The standard InChI is InChI=1S/C13H25N3O2S/c1-3-5-7-9-16(10-8-6-4-2)19(17,18)13-11-14-12-15-13/h11-12H,3-10H2,1-2H3,(H,14,15). The number of H-pyrrole nitrogens is 1. The van der Waals surface area contributed by atoms with Gasteiger partial charge >= 0.3 is 0 Å². The summed E-state index contributed by atoms with van der Waals surface area (Å²) in [6, 6.07) is 0. The number of hydrogen-bond donors (Lipinski definition) is 1. The quantitative estimate of drug-likeness (QED) is 0.673. The number of rotatable bonds is 10. The maximum Gasteiger partial charge on any atom is 0.260 e. The first kappa shape index (κ1) is 16.2. The van der Waals surface area contributed by atoms with Gasteiger partial charge in [-0.3, -0.25) is 0 Å². The van der Waals surface area contributed by atoms with Gasteiger partial charge in [0.25, 0.3) is 10.0 Å². The van der Waals surface area contributed by atoms with Crippen molar-refractivity contribution in [2.24, 2.45) is 0 Å². The number of hydrogen-bond acceptors (Lipinski definition) is 3. The molecule has 0 unspecified atom stereocenters. The molecule has 0 amide bonds. The van der Waals surface area contributed by atoms with Crippen molar-refractivity contribution >= 4 is 10.0 Å². The van der Waals surface area contributed by atoms with Gasteiger partial charge in [0.1, 0.15) is 0 Å². The molecular weight excluding hydrogens is 262 g/mol. The lowest BCUT2D eigenvalue weighted by molar-refractivity contribution is 0.387. The Hall–Kier alpha value is -0.880. The number of aromatic amines is 1. The van der Waals surface area contributed by atoms with Crippen molar-refractivity contribution in [3.8, 4) is 0 Å². The zero-order valence-corrected chi connectivity index (χ0v) is 12.7. The van der Waals surface area contributed by atoms with Crippen LogP contribution in [0.25, 0.3) is 0 Å². The van der Waals surface area contributed by atoms with Crippen LogP contribution in [-0.2, 0) is 10.0 Å². The molecular formula is C13H25N3O2S. The highest BCUT2D eigenvalue weighted by atomic mass is 32.2. The minimum atomic E-state index is -3.40. The maximum absolute atomic E-state index is 12.4. The fourth-order valence-electron chi connectivity index (χ4n) is 1.95. The Kier molecular flexibility index (Phi) is 7.09. The van der Waals surface area contributed by atoms with E-state index in [9.17, 15) is 8.42 Å². The lowest BCUT2D eigenvalue weighted by Crippen LogP contribution is -2.33. The second kappa shape index (κ2) is 8.32. The zero-order chi connectivity index (χ0) is 14.1. The molecule has 0 aliphatic rings. The molecule has 0 bridgehead atoms. The summed E-state index contributed by atoms with van der Waals surface area (Å²) in [7, 11) is -3.40. The van der Waals surface area contributed by atoms with Gasteiger partial charge in [-0.15, -0.1) is 0 Å². The van der Waals surface area contributed by atoms with Gasteiger partial charge in [-0.25, -0.2) is 13.4 Å². The molecule has 5 nitrogen and oxygen atoms in total. The van der Waals surface area contributed by atoms with Gasteiger partial charge in [0.15, 0.2) is 5.03 Å². The van der Waals surface area contributed by atoms with Gasteiger partial charge in [-0.05, 0) is 12.8 Å². The van der Waals surface area contributed by atoms with E-state index in [1.807, 2.05) is 0 Å². The first-order valence-corrected chi connectivity index (χ1v) is 8.55. The van der Waals surface area contributed by atoms with E-state index >= 15 is 0 Å². The van der Waals surface area contributed by atoms with Gasteiger partial charge in [0, 0.05) is 13.1 Å².